The minimum Gasteiger partial charge on any atom is -0.492 e. The van der Waals surface area contributed by atoms with Gasteiger partial charge in [0.25, 0.3) is 0 Å². The van der Waals surface area contributed by atoms with Crippen molar-refractivity contribution >= 4 is 52.0 Å². The van der Waals surface area contributed by atoms with Crippen molar-refractivity contribution in [3.05, 3.63) is 27.2 Å². The molecule has 0 aliphatic carbocycles. The van der Waals surface area contributed by atoms with E-state index in [9.17, 15) is 0 Å². The molecule has 17 heavy (non-hydrogen) atoms. The van der Waals surface area contributed by atoms with Crippen molar-refractivity contribution in [3.63, 3.8) is 0 Å². The SMILES string of the molecule is NC(=S)CCCCOc1cc(Cl)c(Cl)cc1Cl. The van der Waals surface area contributed by atoms with Crippen molar-refractivity contribution in [1.82, 2.24) is 0 Å². The van der Waals surface area contributed by atoms with E-state index < -0.39 is 0 Å². The molecule has 0 bridgehead atoms. The van der Waals surface area contributed by atoms with Crippen LogP contribution in [0.25, 0.3) is 0 Å². The van der Waals surface area contributed by atoms with Gasteiger partial charge in [0.05, 0.1) is 26.7 Å². The summed E-state index contributed by atoms with van der Waals surface area (Å²) in [6, 6.07) is 3.18. The molecule has 1 aromatic carbocycles. The van der Waals surface area contributed by atoms with Crippen molar-refractivity contribution in [1.29, 1.82) is 0 Å². The first-order valence-electron chi connectivity index (χ1n) is 5.06. The van der Waals surface area contributed by atoms with Gasteiger partial charge in [-0.1, -0.05) is 47.0 Å². The maximum absolute atomic E-state index is 5.96. The van der Waals surface area contributed by atoms with Gasteiger partial charge in [0.1, 0.15) is 5.75 Å². The Balaban J connectivity index is 2.41. The van der Waals surface area contributed by atoms with E-state index in [0.29, 0.717) is 32.4 Å². The minimum absolute atomic E-state index is 0.414. The van der Waals surface area contributed by atoms with Crippen molar-refractivity contribution in [2.75, 3.05) is 6.61 Å². The van der Waals surface area contributed by atoms with Crippen LogP contribution in [-0.2, 0) is 0 Å². The Morgan fingerprint density at radius 1 is 1.12 bits per heavy atom. The summed E-state index contributed by atoms with van der Waals surface area (Å²) in [5.74, 6) is 0.538. The summed E-state index contributed by atoms with van der Waals surface area (Å²) in [6.07, 6.45) is 2.48. The average molecular weight is 313 g/mol. The highest BCUT2D eigenvalue weighted by Crippen LogP contribution is 2.33. The van der Waals surface area contributed by atoms with Crippen molar-refractivity contribution in [2.45, 2.75) is 19.3 Å². The van der Waals surface area contributed by atoms with Gasteiger partial charge < -0.3 is 10.5 Å². The van der Waals surface area contributed by atoms with Crippen LogP contribution in [0.5, 0.6) is 5.75 Å². The molecule has 0 atom stereocenters. The lowest BCUT2D eigenvalue weighted by Crippen LogP contribution is -2.08. The third-order valence-corrected chi connectivity index (χ3v) is 3.27. The molecule has 94 valence electrons. The quantitative estimate of drug-likeness (QED) is 0.478. The number of halogens is 3. The first-order chi connectivity index (χ1) is 8.00. The number of unbranched alkanes of at least 4 members (excludes halogenated alkanes) is 1. The first kappa shape index (κ1) is 14.8. The van der Waals surface area contributed by atoms with E-state index in [2.05, 4.69) is 0 Å². The van der Waals surface area contributed by atoms with Crippen LogP contribution in [0.4, 0.5) is 0 Å². The van der Waals surface area contributed by atoms with Gasteiger partial charge in [0, 0.05) is 6.07 Å². The van der Waals surface area contributed by atoms with Gasteiger partial charge in [-0.25, -0.2) is 0 Å². The van der Waals surface area contributed by atoms with Gasteiger partial charge in [-0.05, 0) is 25.3 Å². The highest BCUT2D eigenvalue weighted by molar-refractivity contribution is 7.80. The van der Waals surface area contributed by atoms with Gasteiger partial charge in [-0.15, -0.1) is 0 Å². The maximum Gasteiger partial charge on any atom is 0.139 e. The molecule has 0 aliphatic heterocycles. The van der Waals surface area contributed by atoms with Crippen LogP contribution >= 0.6 is 47.0 Å². The van der Waals surface area contributed by atoms with Crippen LogP contribution < -0.4 is 10.5 Å². The van der Waals surface area contributed by atoms with Crippen LogP contribution in [0.3, 0.4) is 0 Å². The molecule has 0 aromatic heterocycles. The van der Waals surface area contributed by atoms with Crippen LogP contribution in [0.15, 0.2) is 12.1 Å². The lowest BCUT2D eigenvalue weighted by atomic mass is 10.2. The third-order valence-electron chi connectivity index (χ3n) is 2.05. The fraction of sp³-hybridized carbons (Fsp3) is 0.364. The van der Waals surface area contributed by atoms with Crippen LogP contribution in [-0.4, -0.2) is 11.6 Å². The number of hydrogen-bond donors (Lipinski definition) is 1. The second-order valence-electron chi connectivity index (χ2n) is 3.47. The lowest BCUT2D eigenvalue weighted by Gasteiger charge is -2.09. The van der Waals surface area contributed by atoms with Crippen LogP contribution in [0.1, 0.15) is 19.3 Å². The van der Waals surface area contributed by atoms with Gasteiger partial charge in [-0.2, -0.15) is 0 Å². The normalized spacial score (nSPS) is 10.3. The Morgan fingerprint density at radius 3 is 2.41 bits per heavy atom. The summed E-state index contributed by atoms with van der Waals surface area (Å²) in [7, 11) is 0. The zero-order valence-corrected chi connectivity index (χ0v) is 12.1. The molecule has 0 saturated carbocycles. The van der Waals surface area contributed by atoms with E-state index in [1.807, 2.05) is 0 Å². The molecular formula is C11H12Cl3NOS. The smallest absolute Gasteiger partial charge is 0.139 e. The summed E-state index contributed by atoms with van der Waals surface area (Å²) < 4.78 is 5.50. The fourth-order valence-corrected chi connectivity index (χ4v) is 1.93. The Labute approximate surface area is 121 Å². The second-order valence-corrected chi connectivity index (χ2v) is 5.21. The van der Waals surface area contributed by atoms with Gasteiger partial charge in [0.15, 0.2) is 0 Å². The summed E-state index contributed by atoms with van der Waals surface area (Å²) in [5.41, 5.74) is 5.38. The number of benzene rings is 1. The molecule has 0 saturated heterocycles. The summed E-state index contributed by atoms with van der Waals surface area (Å²) >= 11 is 22.4. The van der Waals surface area contributed by atoms with E-state index in [1.165, 1.54) is 0 Å². The summed E-state index contributed by atoms with van der Waals surface area (Å²) in [6.45, 7) is 0.542. The Hall–Kier alpha value is -0.220. The monoisotopic (exact) mass is 311 g/mol. The molecule has 6 heteroatoms. The molecule has 0 radical (unpaired) electrons. The predicted molar refractivity (Wildman–Crippen MR) is 77.6 cm³/mol. The van der Waals surface area contributed by atoms with Gasteiger partial charge in [0.2, 0.25) is 0 Å². The molecule has 0 fully saturated rings. The van der Waals surface area contributed by atoms with Gasteiger partial charge >= 0.3 is 0 Å². The Kier molecular flexibility index (Phi) is 6.34. The number of rotatable bonds is 6. The zero-order valence-electron chi connectivity index (χ0n) is 9.01. The third kappa shape index (κ3) is 5.30. The molecule has 2 N–H and O–H groups in total. The topological polar surface area (TPSA) is 35.2 Å². The molecule has 0 amide bonds. The van der Waals surface area contributed by atoms with E-state index >= 15 is 0 Å². The number of thiocarbonyl (C=S) groups is 1. The number of hydrogen-bond acceptors (Lipinski definition) is 2. The zero-order chi connectivity index (χ0) is 12.8. The van der Waals surface area contributed by atoms with E-state index in [0.717, 1.165) is 19.3 Å². The predicted octanol–water partition coefficient (Wildman–Crippen LogP) is 4.48. The molecule has 1 rings (SSSR count). The van der Waals surface area contributed by atoms with Crippen molar-refractivity contribution in [3.8, 4) is 5.75 Å². The van der Waals surface area contributed by atoms with Crippen molar-refractivity contribution in [2.24, 2.45) is 5.73 Å². The largest absolute Gasteiger partial charge is 0.492 e. The van der Waals surface area contributed by atoms with E-state index in [1.54, 1.807) is 12.1 Å². The number of nitrogens with two attached hydrogens (primary N) is 1. The fourth-order valence-electron chi connectivity index (χ4n) is 1.20. The average Bonchev–Trinajstić information content (AvgIpc) is 2.24. The molecule has 0 unspecified atom stereocenters. The standard InChI is InChI=1S/C11H12Cl3NOS/c12-7-5-9(14)10(6-8(7)13)16-4-2-1-3-11(15)17/h5-6H,1-4H2,(H2,15,17). The van der Waals surface area contributed by atoms with Gasteiger partial charge in [-0.3, -0.25) is 0 Å². The molecule has 0 heterocycles. The Bertz CT molecular complexity index is 412. The Morgan fingerprint density at radius 2 is 1.76 bits per heavy atom. The van der Waals surface area contributed by atoms with Crippen molar-refractivity contribution < 1.29 is 4.74 Å². The molecule has 0 aliphatic rings. The van der Waals surface area contributed by atoms with Crippen LogP contribution in [0, 0.1) is 0 Å². The highest BCUT2D eigenvalue weighted by atomic mass is 35.5. The number of ether oxygens (including phenoxy) is 1. The lowest BCUT2D eigenvalue weighted by molar-refractivity contribution is 0.308. The van der Waals surface area contributed by atoms with E-state index in [-0.39, 0.29) is 0 Å². The molecular weight excluding hydrogens is 301 g/mol. The summed E-state index contributed by atoms with van der Waals surface area (Å²) in [4.78, 5) is 0.526. The molecule has 0 spiro atoms. The second kappa shape index (κ2) is 7.27. The minimum atomic E-state index is 0.414. The highest BCUT2D eigenvalue weighted by Gasteiger charge is 2.06. The van der Waals surface area contributed by atoms with E-state index in [4.69, 9.17) is 57.5 Å². The first-order valence-corrected chi connectivity index (χ1v) is 6.60. The maximum atomic E-state index is 5.96. The van der Waals surface area contributed by atoms with Crippen LogP contribution in [0.2, 0.25) is 15.1 Å². The molecule has 2 nitrogen and oxygen atoms in total. The molecule has 1 aromatic rings. The summed E-state index contributed by atoms with van der Waals surface area (Å²) in [5, 5.41) is 1.29.